The first-order chi connectivity index (χ1) is 14.7. The number of hydrogen-bond acceptors (Lipinski definition) is 8. The van der Waals surface area contributed by atoms with Crippen LogP contribution in [0, 0.1) is 0 Å². The van der Waals surface area contributed by atoms with Crippen LogP contribution in [0.4, 0.5) is 22.2 Å². The molecule has 0 unspecified atom stereocenters. The number of nitrogen functional groups attached to an aromatic ring is 1. The van der Waals surface area contributed by atoms with Gasteiger partial charge < -0.3 is 20.9 Å². The molecule has 0 saturated carbocycles. The Morgan fingerprint density at radius 2 is 1.90 bits per heavy atom. The molecule has 1 aliphatic rings. The van der Waals surface area contributed by atoms with Crippen LogP contribution in [0.3, 0.4) is 0 Å². The second-order valence-electron chi connectivity index (χ2n) is 6.81. The highest BCUT2D eigenvalue weighted by molar-refractivity contribution is 7.16. The van der Waals surface area contributed by atoms with E-state index in [-0.39, 0.29) is 12.0 Å². The van der Waals surface area contributed by atoms with E-state index in [0.29, 0.717) is 26.2 Å². The van der Waals surface area contributed by atoms with Crippen molar-refractivity contribution >= 4 is 45.2 Å². The van der Waals surface area contributed by atoms with Gasteiger partial charge in [0, 0.05) is 44.3 Å². The lowest BCUT2D eigenvalue weighted by molar-refractivity contribution is 0.208. The number of benzene rings is 1. The summed E-state index contributed by atoms with van der Waals surface area (Å²) in [5, 5.41) is 7.16. The summed E-state index contributed by atoms with van der Waals surface area (Å²) in [6.07, 6.45) is 3.60. The number of hydrogen-bond donors (Lipinski definition) is 2. The molecule has 11 heteroatoms. The fourth-order valence-corrected chi connectivity index (χ4v) is 4.09. The Morgan fingerprint density at radius 1 is 1.10 bits per heavy atom. The zero-order valence-corrected chi connectivity index (χ0v) is 16.8. The fraction of sp³-hybridized carbons (Fsp3) is 0.211. The van der Waals surface area contributed by atoms with Crippen LogP contribution in [0.5, 0.6) is 0 Å². The number of nitrogens with two attached hydrogens (primary N) is 1. The van der Waals surface area contributed by atoms with Crippen LogP contribution < -0.4 is 16.0 Å². The molecular weight excluding hydrogens is 402 g/mol. The number of amides is 2. The Labute approximate surface area is 176 Å². The van der Waals surface area contributed by atoms with Crippen molar-refractivity contribution in [1.82, 2.24) is 29.6 Å². The summed E-state index contributed by atoms with van der Waals surface area (Å²) >= 11 is 1.44. The van der Waals surface area contributed by atoms with Gasteiger partial charge in [-0.2, -0.15) is 10.1 Å². The second kappa shape index (κ2) is 7.59. The second-order valence-corrected chi connectivity index (χ2v) is 7.65. The van der Waals surface area contributed by atoms with Crippen molar-refractivity contribution < 1.29 is 4.79 Å². The SMILES string of the molecule is Nc1nc(N2CCN(C(=O)Nc3ccc(-n4cccn4)cc3)CC2)c2ncsc2n1. The highest BCUT2D eigenvalue weighted by atomic mass is 32.1. The molecule has 3 N–H and O–H groups in total. The molecule has 10 nitrogen and oxygen atoms in total. The zero-order chi connectivity index (χ0) is 20.5. The Morgan fingerprint density at radius 3 is 2.63 bits per heavy atom. The number of nitrogens with one attached hydrogen (secondary N) is 1. The number of piperazine rings is 1. The summed E-state index contributed by atoms with van der Waals surface area (Å²) in [5.41, 5.74) is 10.0. The number of carbonyl (C=O) groups is 1. The van der Waals surface area contributed by atoms with E-state index in [9.17, 15) is 4.79 Å². The molecule has 152 valence electrons. The van der Waals surface area contributed by atoms with Crippen molar-refractivity contribution in [1.29, 1.82) is 0 Å². The third-order valence-electron chi connectivity index (χ3n) is 4.95. The number of thiazole rings is 1. The molecule has 0 bridgehead atoms. The lowest BCUT2D eigenvalue weighted by Gasteiger charge is -2.35. The molecule has 3 aromatic heterocycles. The predicted molar refractivity (Wildman–Crippen MR) is 116 cm³/mol. The first-order valence-corrected chi connectivity index (χ1v) is 10.3. The minimum atomic E-state index is -0.123. The maximum absolute atomic E-state index is 12.7. The van der Waals surface area contributed by atoms with E-state index in [2.05, 4.69) is 30.3 Å². The molecule has 5 rings (SSSR count). The lowest BCUT2D eigenvalue weighted by Crippen LogP contribution is -2.50. The van der Waals surface area contributed by atoms with E-state index >= 15 is 0 Å². The molecule has 30 heavy (non-hydrogen) atoms. The van der Waals surface area contributed by atoms with E-state index < -0.39 is 0 Å². The summed E-state index contributed by atoms with van der Waals surface area (Å²) < 4.78 is 1.77. The minimum Gasteiger partial charge on any atom is -0.368 e. The van der Waals surface area contributed by atoms with Gasteiger partial charge in [-0.3, -0.25) is 0 Å². The molecule has 0 spiro atoms. The van der Waals surface area contributed by atoms with E-state index in [1.165, 1.54) is 11.3 Å². The first-order valence-electron chi connectivity index (χ1n) is 9.45. The van der Waals surface area contributed by atoms with Crippen molar-refractivity contribution in [2.24, 2.45) is 0 Å². The zero-order valence-electron chi connectivity index (χ0n) is 16.0. The molecule has 0 aliphatic carbocycles. The highest BCUT2D eigenvalue weighted by Crippen LogP contribution is 2.27. The average molecular weight is 421 g/mol. The average Bonchev–Trinajstić information content (AvgIpc) is 3.46. The van der Waals surface area contributed by atoms with Crippen LogP contribution in [0.2, 0.25) is 0 Å². The molecule has 0 radical (unpaired) electrons. The Kier molecular flexibility index (Phi) is 4.64. The van der Waals surface area contributed by atoms with E-state index in [4.69, 9.17) is 5.73 Å². The van der Waals surface area contributed by atoms with E-state index in [1.807, 2.05) is 36.5 Å². The summed E-state index contributed by atoms with van der Waals surface area (Å²) in [7, 11) is 0. The van der Waals surface area contributed by atoms with Gasteiger partial charge in [0.05, 0.1) is 11.2 Å². The van der Waals surface area contributed by atoms with Gasteiger partial charge in [-0.15, -0.1) is 11.3 Å². The van der Waals surface area contributed by atoms with Gasteiger partial charge >= 0.3 is 6.03 Å². The van der Waals surface area contributed by atoms with Crippen LogP contribution in [0.1, 0.15) is 0 Å². The van der Waals surface area contributed by atoms with Crippen LogP contribution in [0.15, 0.2) is 48.2 Å². The topological polar surface area (TPSA) is 118 Å². The molecule has 1 saturated heterocycles. The number of aromatic nitrogens is 5. The number of anilines is 3. The predicted octanol–water partition coefficient (Wildman–Crippen LogP) is 2.21. The molecule has 0 atom stereocenters. The van der Waals surface area contributed by atoms with Gasteiger partial charge in [0.1, 0.15) is 5.52 Å². The largest absolute Gasteiger partial charge is 0.368 e. The Balaban J connectivity index is 1.22. The van der Waals surface area contributed by atoms with Crippen LogP contribution in [-0.4, -0.2) is 61.8 Å². The smallest absolute Gasteiger partial charge is 0.321 e. The standard InChI is InChI=1S/C19H19N9OS/c20-18-24-16(15-17(25-18)30-12-21-15)26-8-10-27(11-9-26)19(29)23-13-2-4-14(5-3-13)28-7-1-6-22-28/h1-7,12H,8-11H2,(H,23,29)(H2,20,24,25). The Hall–Kier alpha value is -3.73. The summed E-state index contributed by atoms with van der Waals surface area (Å²) in [4.78, 5) is 30.3. The van der Waals surface area contributed by atoms with Gasteiger partial charge in [-0.05, 0) is 30.3 Å². The van der Waals surface area contributed by atoms with Crippen molar-refractivity contribution in [3.8, 4) is 5.69 Å². The third-order valence-corrected chi connectivity index (χ3v) is 5.67. The minimum absolute atomic E-state index is 0.123. The van der Waals surface area contributed by atoms with Crippen molar-refractivity contribution in [2.45, 2.75) is 0 Å². The van der Waals surface area contributed by atoms with Gasteiger partial charge in [0.2, 0.25) is 5.95 Å². The molecule has 1 fully saturated rings. The molecule has 1 aliphatic heterocycles. The molecule has 1 aromatic carbocycles. The van der Waals surface area contributed by atoms with Crippen molar-refractivity contribution in [3.63, 3.8) is 0 Å². The van der Waals surface area contributed by atoms with Crippen LogP contribution in [-0.2, 0) is 0 Å². The van der Waals surface area contributed by atoms with E-state index in [0.717, 1.165) is 27.5 Å². The first kappa shape index (κ1) is 18.3. The molecular formula is C19H19N9OS. The van der Waals surface area contributed by atoms with Gasteiger partial charge in [-0.1, -0.05) is 0 Å². The van der Waals surface area contributed by atoms with Gasteiger partial charge in [-0.25, -0.2) is 19.4 Å². The van der Waals surface area contributed by atoms with Crippen molar-refractivity contribution in [2.75, 3.05) is 42.1 Å². The van der Waals surface area contributed by atoms with Gasteiger partial charge in [0.25, 0.3) is 0 Å². The number of rotatable bonds is 3. The van der Waals surface area contributed by atoms with Gasteiger partial charge in [0.15, 0.2) is 10.6 Å². The number of fused-ring (bicyclic) bond motifs is 1. The lowest BCUT2D eigenvalue weighted by atomic mass is 10.2. The quantitative estimate of drug-likeness (QED) is 0.521. The number of carbonyl (C=O) groups excluding carboxylic acids is 1. The number of nitrogens with zero attached hydrogens (tertiary/aromatic N) is 7. The Bertz CT molecular complexity index is 1160. The maximum atomic E-state index is 12.7. The monoisotopic (exact) mass is 421 g/mol. The number of urea groups is 1. The maximum Gasteiger partial charge on any atom is 0.321 e. The summed E-state index contributed by atoms with van der Waals surface area (Å²) in [6, 6.07) is 9.31. The third kappa shape index (κ3) is 3.50. The fourth-order valence-electron chi connectivity index (χ4n) is 3.43. The molecule has 4 aromatic rings. The summed E-state index contributed by atoms with van der Waals surface area (Å²) in [5.74, 6) is 0.966. The van der Waals surface area contributed by atoms with Crippen LogP contribution in [0.25, 0.3) is 16.0 Å². The molecule has 4 heterocycles. The molecule has 2 amide bonds. The summed E-state index contributed by atoms with van der Waals surface area (Å²) in [6.45, 7) is 2.45. The van der Waals surface area contributed by atoms with E-state index in [1.54, 1.807) is 21.3 Å². The highest BCUT2D eigenvalue weighted by Gasteiger charge is 2.24. The van der Waals surface area contributed by atoms with Crippen molar-refractivity contribution in [3.05, 3.63) is 48.2 Å². The van der Waals surface area contributed by atoms with Crippen LogP contribution >= 0.6 is 11.3 Å². The normalized spacial score (nSPS) is 14.3.